The Hall–Kier alpha value is -2.35. The van der Waals surface area contributed by atoms with E-state index in [-0.39, 0.29) is 5.75 Å². The maximum absolute atomic E-state index is 9.92. The number of aromatic hydroxyl groups is 1. The molecular formula is C18H19NO. The first kappa shape index (κ1) is 14.1. The summed E-state index contributed by atoms with van der Waals surface area (Å²) in [6.45, 7) is 4.12. The van der Waals surface area contributed by atoms with Crippen molar-refractivity contribution in [3.63, 3.8) is 0 Å². The Kier molecular flexibility index (Phi) is 4.36. The number of hydrogen-bond donors (Lipinski definition) is 1. The van der Waals surface area contributed by atoms with Gasteiger partial charge in [-0.3, -0.25) is 4.99 Å². The van der Waals surface area contributed by atoms with Gasteiger partial charge in [0.2, 0.25) is 0 Å². The SMILES string of the molecule is CN=C(/C=C(\C)c1ccc(C)cc1)c1ccccc1O. The summed E-state index contributed by atoms with van der Waals surface area (Å²) >= 11 is 0. The van der Waals surface area contributed by atoms with Gasteiger partial charge in [0.05, 0.1) is 5.71 Å². The third-order valence-electron chi connectivity index (χ3n) is 3.28. The lowest BCUT2D eigenvalue weighted by Crippen LogP contribution is -1.98. The predicted octanol–water partition coefficient (Wildman–Crippen LogP) is 4.22. The molecule has 0 saturated heterocycles. The van der Waals surface area contributed by atoms with Crippen LogP contribution >= 0.6 is 0 Å². The number of hydrogen-bond acceptors (Lipinski definition) is 2. The molecule has 0 aliphatic carbocycles. The maximum atomic E-state index is 9.92. The normalized spacial score (nSPS) is 12.6. The average molecular weight is 265 g/mol. The fraction of sp³-hybridized carbons (Fsp3) is 0.167. The first-order chi connectivity index (χ1) is 9.61. The lowest BCUT2D eigenvalue weighted by atomic mass is 10.0. The summed E-state index contributed by atoms with van der Waals surface area (Å²) in [6.07, 6.45) is 2.00. The minimum atomic E-state index is 0.251. The lowest BCUT2D eigenvalue weighted by Gasteiger charge is -2.07. The highest BCUT2D eigenvalue weighted by Crippen LogP contribution is 2.20. The van der Waals surface area contributed by atoms with Gasteiger partial charge in [-0.15, -0.1) is 0 Å². The van der Waals surface area contributed by atoms with Crippen LogP contribution in [-0.2, 0) is 0 Å². The van der Waals surface area contributed by atoms with E-state index in [1.807, 2.05) is 24.3 Å². The predicted molar refractivity (Wildman–Crippen MR) is 85.4 cm³/mol. The first-order valence-corrected chi connectivity index (χ1v) is 6.62. The molecule has 0 atom stereocenters. The van der Waals surface area contributed by atoms with E-state index in [2.05, 4.69) is 43.1 Å². The summed E-state index contributed by atoms with van der Waals surface area (Å²) < 4.78 is 0. The number of aryl methyl sites for hydroxylation is 1. The van der Waals surface area contributed by atoms with Crippen LogP contribution in [0.2, 0.25) is 0 Å². The van der Waals surface area contributed by atoms with Crippen molar-refractivity contribution in [2.24, 2.45) is 4.99 Å². The zero-order chi connectivity index (χ0) is 14.5. The summed E-state index contributed by atoms with van der Waals surface area (Å²) in [7, 11) is 1.74. The number of rotatable bonds is 3. The van der Waals surface area contributed by atoms with Crippen LogP contribution in [0.3, 0.4) is 0 Å². The molecule has 0 unspecified atom stereocenters. The number of aliphatic imine (C=N–C) groups is 1. The van der Waals surface area contributed by atoms with Crippen LogP contribution in [-0.4, -0.2) is 17.9 Å². The molecule has 2 heteroatoms. The molecule has 0 aliphatic heterocycles. The smallest absolute Gasteiger partial charge is 0.124 e. The molecule has 0 amide bonds. The fourth-order valence-corrected chi connectivity index (χ4v) is 2.06. The Morgan fingerprint density at radius 3 is 2.30 bits per heavy atom. The van der Waals surface area contributed by atoms with Crippen LogP contribution < -0.4 is 0 Å². The molecule has 2 aromatic carbocycles. The Labute approximate surface area is 120 Å². The Balaban J connectivity index is 2.37. The third kappa shape index (κ3) is 3.15. The van der Waals surface area contributed by atoms with Crippen molar-refractivity contribution < 1.29 is 5.11 Å². The molecular weight excluding hydrogens is 246 g/mol. The highest BCUT2D eigenvalue weighted by atomic mass is 16.3. The number of phenols is 1. The van der Waals surface area contributed by atoms with Crippen molar-refractivity contribution in [1.29, 1.82) is 0 Å². The number of phenolic OH excluding ortho intramolecular Hbond substituents is 1. The molecule has 1 N–H and O–H groups in total. The van der Waals surface area contributed by atoms with Gasteiger partial charge >= 0.3 is 0 Å². The quantitative estimate of drug-likeness (QED) is 0.828. The average Bonchev–Trinajstić information content (AvgIpc) is 2.46. The molecule has 0 bridgehead atoms. The Morgan fingerprint density at radius 1 is 1.05 bits per heavy atom. The van der Waals surface area contributed by atoms with Gasteiger partial charge in [0, 0.05) is 12.6 Å². The van der Waals surface area contributed by atoms with Gasteiger partial charge in [0.25, 0.3) is 0 Å². The third-order valence-corrected chi connectivity index (χ3v) is 3.28. The minimum Gasteiger partial charge on any atom is -0.507 e. The second-order valence-corrected chi connectivity index (χ2v) is 4.82. The zero-order valence-corrected chi connectivity index (χ0v) is 12.1. The molecule has 2 nitrogen and oxygen atoms in total. The summed E-state index contributed by atoms with van der Waals surface area (Å²) in [5.41, 5.74) is 5.05. The van der Waals surface area contributed by atoms with E-state index in [4.69, 9.17) is 0 Å². The molecule has 20 heavy (non-hydrogen) atoms. The highest BCUT2D eigenvalue weighted by Gasteiger charge is 2.06. The molecule has 0 heterocycles. The lowest BCUT2D eigenvalue weighted by molar-refractivity contribution is 0.474. The highest BCUT2D eigenvalue weighted by molar-refractivity contribution is 6.13. The van der Waals surface area contributed by atoms with E-state index < -0.39 is 0 Å². The van der Waals surface area contributed by atoms with Crippen molar-refractivity contribution >= 4 is 11.3 Å². The van der Waals surface area contributed by atoms with Crippen LogP contribution in [0.25, 0.3) is 5.57 Å². The van der Waals surface area contributed by atoms with Gasteiger partial charge in [-0.05, 0) is 43.2 Å². The molecule has 102 valence electrons. The second-order valence-electron chi connectivity index (χ2n) is 4.82. The van der Waals surface area contributed by atoms with E-state index in [1.165, 1.54) is 5.56 Å². The molecule has 2 aromatic rings. The molecule has 0 saturated carbocycles. The molecule has 0 fully saturated rings. The maximum Gasteiger partial charge on any atom is 0.124 e. The van der Waals surface area contributed by atoms with Crippen LogP contribution in [0.5, 0.6) is 5.75 Å². The van der Waals surface area contributed by atoms with E-state index in [0.717, 1.165) is 22.4 Å². The van der Waals surface area contributed by atoms with E-state index in [0.29, 0.717) is 0 Å². The van der Waals surface area contributed by atoms with Crippen molar-refractivity contribution in [2.45, 2.75) is 13.8 Å². The first-order valence-electron chi connectivity index (χ1n) is 6.62. The van der Waals surface area contributed by atoms with Crippen LogP contribution in [0.1, 0.15) is 23.6 Å². The topological polar surface area (TPSA) is 32.6 Å². The van der Waals surface area contributed by atoms with Gasteiger partial charge in [0.1, 0.15) is 5.75 Å². The van der Waals surface area contributed by atoms with Gasteiger partial charge < -0.3 is 5.11 Å². The molecule has 2 rings (SSSR count). The molecule has 0 aliphatic rings. The number of benzene rings is 2. The number of para-hydroxylation sites is 1. The van der Waals surface area contributed by atoms with Gasteiger partial charge in [-0.25, -0.2) is 0 Å². The van der Waals surface area contributed by atoms with Gasteiger partial charge in [0.15, 0.2) is 0 Å². The standard InChI is InChI=1S/C18H19NO/c1-13-8-10-15(11-9-13)14(2)12-17(19-3)16-6-4-5-7-18(16)20/h4-12,20H,1-3H3/b14-12+,19-17?. The van der Waals surface area contributed by atoms with Crippen molar-refractivity contribution in [3.05, 3.63) is 71.3 Å². The minimum absolute atomic E-state index is 0.251. The second kappa shape index (κ2) is 6.20. The van der Waals surface area contributed by atoms with Crippen molar-refractivity contribution in [1.82, 2.24) is 0 Å². The zero-order valence-electron chi connectivity index (χ0n) is 12.1. The number of allylic oxidation sites excluding steroid dienone is 2. The Bertz CT molecular complexity index is 651. The van der Waals surface area contributed by atoms with Crippen LogP contribution in [0, 0.1) is 6.92 Å². The largest absolute Gasteiger partial charge is 0.507 e. The van der Waals surface area contributed by atoms with Crippen molar-refractivity contribution in [3.8, 4) is 5.75 Å². The van der Waals surface area contributed by atoms with Crippen LogP contribution in [0.15, 0.2) is 59.6 Å². The molecule has 0 radical (unpaired) electrons. The van der Waals surface area contributed by atoms with E-state index in [1.54, 1.807) is 13.1 Å². The summed E-state index contributed by atoms with van der Waals surface area (Å²) in [5.74, 6) is 0.251. The van der Waals surface area contributed by atoms with Crippen molar-refractivity contribution in [2.75, 3.05) is 7.05 Å². The monoisotopic (exact) mass is 265 g/mol. The fourth-order valence-electron chi connectivity index (χ4n) is 2.06. The summed E-state index contributed by atoms with van der Waals surface area (Å²) in [6, 6.07) is 15.6. The summed E-state index contributed by atoms with van der Waals surface area (Å²) in [4.78, 5) is 4.28. The number of nitrogens with zero attached hydrogens (tertiary/aromatic N) is 1. The van der Waals surface area contributed by atoms with Gasteiger partial charge in [-0.1, -0.05) is 42.0 Å². The molecule has 0 spiro atoms. The van der Waals surface area contributed by atoms with Crippen LogP contribution in [0.4, 0.5) is 0 Å². The van der Waals surface area contributed by atoms with Gasteiger partial charge in [-0.2, -0.15) is 0 Å². The molecule has 0 aromatic heterocycles. The van der Waals surface area contributed by atoms with E-state index in [9.17, 15) is 5.11 Å². The summed E-state index contributed by atoms with van der Waals surface area (Å²) in [5, 5.41) is 9.92. The Morgan fingerprint density at radius 2 is 1.70 bits per heavy atom. The van der Waals surface area contributed by atoms with E-state index >= 15 is 0 Å².